The Morgan fingerprint density at radius 3 is 2.39 bits per heavy atom. The number of hydrogen-bond acceptors (Lipinski definition) is 5. The number of fused-ring (bicyclic) bond motifs is 1. The van der Waals surface area contributed by atoms with E-state index in [0.717, 1.165) is 19.3 Å². The van der Waals surface area contributed by atoms with E-state index in [-0.39, 0.29) is 23.9 Å². The molecular formula is C28H32N4O4. The van der Waals surface area contributed by atoms with E-state index in [1.165, 1.54) is 24.2 Å². The number of likely N-dealkylation sites (tertiary alicyclic amines) is 1. The summed E-state index contributed by atoms with van der Waals surface area (Å²) in [4.78, 5) is 57.8. The van der Waals surface area contributed by atoms with Crippen LogP contribution in [0.1, 0.15) is 61.7 Å². The molecule has 5 fully saturated rings. The summed E-state index contributed by atoms with van der Waals surface area (Å²) < 4.78 is 0. The first-order chi connectivity index (χ1) is 17.4. The Bertz CT molecular complexity index is 1200. The van der Waals surface area contributed by atoms with E-state index >= 15 is 0 Å². The zero-order chi connectivity index (χ0) is 24.9. The minimum Gasteiger partial charge on any atom is -0.344 e. The second kappa shape index (κ2) is 8.98. The first-order valence-corrected chi connectivity index (χ1v) is 13.2. The van der Waals surface area contributed by atoms with Gasteiger partial charge in [-0.2, -0.15) is 0 Å². The highest BCUT2D eigenvalue weighted by Crippen LogP contribution is 2.55. The predicted molar refractivity (Wildman–Crippen MR) is 133 cm³/mol. The van der Waals surface area contributed by atoms with Crippen molar-refractivity contribution in [2.24, 2.45) is 17.8 Å². The third-order valence-corrected chi connectivity index (χ3v) is 8.81. The van der Waals surface area contributed by atoms with Gasteiger partial charge in [0.05, 0.1) is 17.6 Å². The maximum absolute atomic E-state index is 13.2. The minimum atomic E-state index is -0.759. The number of rotatable bonds is 6. The second-order valence-corrected chi connectivity index (χ2v) is 11.3. The number of pyridine rings is 1. The van der Waals surface area contributed by atoms with Gasteiger partial charge in [-0.25, -0.2) is 0 Å². The number of nitrogens with zero attached hydrogens (tertiary/aromatic N) is 2. The Kier molecular flexibility index (Phi) is 5.77. The van der Waals surface area contributed by atoms with Crippen LogP contribution in [0.3, 0.4) is 0 Å². The molecule has 36 heavy (non-hydrogen) atoms. The van der Waals surface area contributed by atoms with Gasteiger partial charge in [0.25, 0.3) is 11.8 Å². The van der Waals surface area contributed by atoms with E-state index in [1.807, 2.05) is 24.3 Å². The summed E-state index contributed by atoms with van der Waals surface area (Å²) in [7, 11) is 0. The molecule has 4 bridgehead atoms. The largest absolute Gasteiger partial charge is 0.344 e. The van der Waals surface area contributed by atoms with Gasteiger partial charge in [-0.3, -0.25) is 24.2 Å². The molecule has 188 valence electrons. The molecule has 1 saturated heterocycles. The summed E-state index contributed by atoms with van der Waals surface area (Å²) in [6.45, 7) is 0.184. The fourth-order valence-electron chi connectivity index (χ4n) is 7.70. The number of benzene rings is 1. The van der Waals surface area contributed by atoms with Crippen LogP contribution in [0.15, 0.2) is 36.5 Å². The standard InChI is InChI=1S/C28H32N4O4/c33-24(16-30-26(35)21-7-8-29-22-5-2-1-4-20(21)22)32-9-3-6-23(32)25(34)27(36)31-28-13-17-10-18(14-28)12-19(11-17)15-28/h1-2,4-5,7-8,17-19,23H,3,6,9-16H2,(H,30,35)(H,31,36)/t17?,18?,19?,23-,28?/m0/s1. The fraction of sp³-hybridized carbons (Fsp3) is 0.536. The Morgan fingerprint density at radius 1 is 0.972 bits per heavy atom. The lowest BCUT2D eigenvalue weighted by atomic mass is 9.53. The van der Waals surface area contributed by atoms with Crippen molar-refractivity contribution in [2.45, 2.75) is 62.9 Å². The molecule has 2 aromatic rings. The number of para-hydroxylation sites is 1. The van der Waals surface area contributed by atoms with Crippen LogP contribution in [-0.2, 0) is 14.4 Å². The van der Waals surface area contributed by atoms with E-state index in [9.17, 15) is 19.2 Å². The van der Waals surface area contributed by atoms with Crippen molar-refractivity contribution in [2.75, 3.05) is 13.1 Å². The summed E-state index contributed by atoms with van der Waals surface area (Å²) in [6.07, 6.45) is 9.40. The monoisotopic (exact) mass is 488 g/mol. The first kappa shape index (κ1) is 23.1. The molecule has 1 aromatic heterocycles. The molecule has 3 amide bonds. The Morgan fingerprint density at radius 2 is 1.67 bits per heavy atom. The molecule has 2 heterocycles. The van der Waals surface area contributed by atoms with E-state index in [1.54, 1.807) is 12.3 Å². The van der Waals surface area contributed by atoms with Crippen LogP contribution in [0, 0.1) is 17.8 Å². The molecule has 4 saturated carbocycles. The van der Waals surface area contributed by atoms with Gasteiger partial charge >= 0.3 is 0 Å². The molecule has 7 rings (SSSR count). The normalized spacial score (nSPS) is 30.4. The minimum absolute atomic E-state index is 0.226. The van der Waals surface area contributed by atoms with Crippen molar-refractivity contribution in [1.82, 2.24) is 20.5 Å². The predicted octanol–water partition coefficient (Wildman–Crippen LogP) is 2.61. The number of Topliss-reactive ketones (excluding diaryl/α,β-unsaturated/α-hetero) is 1. The number of amides is 3. The quantitative estimate of drug-likeness (QED) is 0.608. The molecule has 2 N–H and O–H groups in total. The third kappa shape index (κ3) is 4.16. The first-order valence-electron chi connectivity index (χ1n) is 13.2. The summed E-state index contributed by atoms with van der Waals surface area (Å²) in [5.41, 5.74) is 0.903. The lowest BCUT2D eigenvalue weighted by Crippen LogP contribution is -2.62. The molecule has 5 aliphatic rings. The number of aromatic nitrogens is 1. The maximum Gasteiger partial charge on any atom is 0.290 e. The lowest BCUT2D eigenvalue weighted by molar-refractivity contribution is -0.146. The smallest absolute Gasteiger partial charge is 0.290 e. The molecule has 1 aliphatic heterocycles. The molecule has 1 atom stereocenters. The van der Waals surface area contributed by atoms with E-state index in [2.05, 4.69) is 15.6 Å². The molecule has 0 spiro atoms. The molecular weight excluding hydrogens is 456 g/mol. The highest BCUT2D eigenvalue weighted by molar-refractivity contribution is 6.38. The second-order valence-electron chi connectivity index (χ2n) is 11.3. The number of nitrogens with one attached hydrogen (secondary N) is 2. The van der Waals surface area contributed by atoms with Gasteiger partial charge < -0.3 is 15.5 Å². The van der Waals surface area contributed by atoms with Gasteiger partial charge in [0.15, 0.2) is 0 Å². The average Bonchev–Trinajstić information content (AvgIpc) is 3.35. The van der Waals surface area contributed by atoms with Crippen molar-refractivity contribution >= 4 is 34.4 Å². The summed E-state index contributed by atoms with van der Waals surface area (Å²) in [5.74, 6) is 0.202. The zero-order valence-corrected chi connectivity index (χ0v) is 20.4. The number of hydrogen-bond donors (Lipinski definition) is 2. The van der Waals surface area contributed by atoms with Gasteiger partial charge in [-0.1, -0.05) is 18.2 Å². The van der Waals surface area contributed by atoms with Crippen molar-refractivity contribution in [3.05, 3.63) is 42.1 Å². The van der Waals surface area contributed by atoms with Crippen LogP contribution in [0.4, 0.5) is 0 Å². The van der Waals surface area contributed by atoms with Crippen LogP contribution >= 0.6 is 0 Å². The van der Waals surface area contributed by atoms with Crippen molar-refractivity contribution < 1.29 is 19.2 Å². The topological polar surface area (TPSA) is 108 Å². The van der Waals surface area contributed by atoms with Gasteiger partial charge in [0.2, 0.25) is 11.7 Å². The summed E-state index contributed by atoms with van der Waals surface area (Å²) in [5, 5.41) is 6.55. The number of carbonyl (C=O) groups excluding carboxylic acids is 4. The van der Waals surface area contributed by atoms with Crippen LogP contribution < -0.4 is 10.6 Å². The maximum atomic E-state index is 13.2. The number of ketones is 1. The van der Waals surface area contributed by atoms with E-state index < -0.39 is 17.7 Å². The van der Waals surface area contributed by atoms with Crippen LogP contribution in [-0.4, -0.2) is 58.1 Å². The van der Waals surface area contributed by atoms with Gasteiger partial charge in [0, 0.05) is 23.7 Å². The van der Waals surface area contributed by atoms with Gasteiger partial charge in [0.1, 0.15) is 6.04 Å². The molecule has 8 nitrogen and oxygen atoms in total. The highest BCUT2D eigenvalue weighted by atomic mass is 16.2. The Labute approximate surface area is 210 Å². The van der Waals surface area contributed by atoms with Crippen molar-refractivity contribution in [3.63, 3.8) is 0 Å². The molecule has 8 heteroatoms. The van der Waals surface area contributed by atoms with Gasteiger partial charge in [-0.05, 0) is 81.3 Å². The molecule has 1 aromatic carbocycles. The van der Waals surface area contributed by atoms with Crippen molar-refractivity contribution in [1.29, 1.82) is 0 Å². The van der Waals surface area contributed by atoms with E-state index in [4.69, 9.17) is 0 Å². The van der Waals surface area contributed by atoms with Gasteiger partial charge in [-0.15, -0.1) is 0 Å². The van der Waals surface area contributed by atoms with Crippen LogP contribution in [0.2, 0.25) is 0 Å². The average molecular weight is 489 g/mol. The molecule has 0 radical (unpaired) electrons. The molecule has 4 aliphatic carbocycles. The SMILES string of the molecule is O=C(NC12CC3CC(CC(C3)C1)C2)C(=O)[C@@H]1CCCN1C(=O)CNC(=O)c1ccnc2ccccc12. The Balaban J connectivity index is 1.08. The molecule has 0 unspecified atom stereocenters. The zero-order valence-electron chi connectivity index (χ0n) is 20.4. The van der Waals surface area contributed by atoms with Crippen molar-refractivity contribution in [3.8, 4) is 0 Å². The summed E-state index contributed by atoms with van der Waals surface area (Å²) in [6, 6.07) is 8.19. The highest BCUT2D eigenvalue weighted by Gasteiger charge is 2.52. The lowest BCUT2D eigenvalue weighted by Gasteiger charge is -2.56. The van der Waals surface area contributed by atoms with Crippen LogP contribution in [0.25, 0.3) is 10.9 Å². The summed E-state index contributed by atoms with van der Waals surface area (Å²) >= 11 is 0. The Hall–Kier alpha value is -3.29. The van der Waals surface area contributed by atoms with Crippen LogP contribution in [0.5, 0.6) is 0 Å². The number of carbonyl (C=O) groups is 4. The third-order valence-electron chi connectivity index (χ3n) is 8.81. The fourth-order valence-corrected chi connectivity index (χ4v) is 7.70. The van der Waals surface area contributed by atoms with E-state index in [0.29, 0.717) is 53.6 Å².